The number of morpholine rings is 1. The summed E-state index contributed by atoms with van der Waals surface area (Å²) in [4.78, 5) is 11.9. The maximum absolute atomic E-state index is 5.98. The highest BCUT2D eigenvalue weighted by Crippen LogP contribution is 2.25. The summed E-state index contributed by atoms with van der Waals surface area (Å²) < 4.78 is 7.81. The molecule has 2 aliphatic rings. The molecule has 3 heterocycles. The summed E-state index contributed by atoms with van der Waals surface area (Å²) >= 11 is 0. The van der Waals surface area contributed by atoms with E-state index in [1.54, 1.807) is 0 Å². The predicted molar refractivity (Wildman–Crippen MR) is 143 cm³/mol. The van der Waals surface area contributed by atoms with Crippen molar-refractivity contribution in [3.63, 3.8) is 0 Å². The SMILES string of the molecule is CN=C(NCCCN1CCN(C)CC1c1ccccc1)N1CCOC(c2cnn(C)c2)C1.I. The highest BCUT2D eigenvalue weighted by Gasteiger charge is 2.27. The van der Waals surface area contributed by atoms with E-state index >= 15 is 0 Å². The number of aromatic nitrogens is 2. The van der Waals surface area contributed by atoms with Crippen LogP contribution in [0.2, 0.25) is 0 Å². The van der Waals surface area contributed by atoms with Crippen LogP contribution in [0.4, 0.5) is 0 Å². The Morgan fingerprint density at radius 3 is 2.67 bits per heavy atom. The van der Waals surface area contributed by atoms with Gasteiger partial charge in [0.1, 0.15) is 6.10 Å². The molecule has 9 heteroatoms. The fourth-order valence-electron chi connectivity index (χ4n) is 4.68. The fraction of sp³-hybridized carbons (Fsp3) is 0.583. The van der Waals surface area contributed by atoms with Gasteiger partial charge in [0.15, 0.2) is 5.96 Å². The van der Waals surface area contributed by atoms with E-state index in [-0.39, 0.29) is 30.1 Å². The van der Waals surface area contributed by atoms with Gasteiger partial charge in [-0.3, -0.25) is 14.6 Å². The molecule has 2 unspecified atom stereocenters. The van der Waals surface area contributed by atoms with Crippen molar-refractivity contribution in [3.8, 4) is 0 Å². The number of nitrogens with zero attached hydrogens (tertiary/aromatic N) is 6. The van der Waals surface area contributed by atoms with Crippen molar-refractivity contribution in [2.45, 2.75) is 18.6 Å². The Kier molecular flexibility index (Phi) is 9.96. The number of halogens is 1. The van der Waals surface area contributed by atoms with Crippen LogP contribution in [0.15, 0.2) is 47.7 Å². The molecule has 2 fully saturated rings. The number of aliphatic imine (C=N–C) groups is 1. The number of piperazine rings is 1. The summed E-state index contributed by atoms with van der Waals surface area (Å²) in [5, 5.41) is 7.87. The van der Waals surface area contributed by atoms with E-state index in [1.807, 2.05) is 31.2 Å². The topological polar surface area (TPSA) is 61.2 Å². The lowest BCUT2D eigenvalue weighted by Gasteiger charge is -2.40. The van der Waals surface area contributed by atoms with Gasteiger partial charge in [-0.2, -0.15) is 5.10 Å². The van der Waals surface area contributed by atoms with E-state index < -0.39 is 0 Å². The molecule has 0 radical (unpaired) electrons. The molecule has 182 valence electrons. The zero-order chi connectivity index (χ0) is 22.3. The quantitative estimate of drug-likeness (QED) is 0.251. The summed E-state index contributed by atoms with van der Waals surface area (Å²) in [7, 11) is 6.02. The molecule has 1 aromatic carbocycles. The van der Waals surface area contributed by atoms with Crippen LogP contribution in [0.1, 0.15) is 29.7 Å². The van der Waals surface area contributed by atoms with Crippen LogP contribution in [0.5, 0.6) is 0 Å². The van der Waals surface area contributed by atoms with Gasteiger partial charge in [-0.15, -0.1) is 24.0 Å². The van der Waals surface area contributed by atoms with Gasteiger partial charge < -0.3 is 19.9 Å². The van der Waals surface area contributed by atoms with E-state index in [1.165, 1.54) is 5.56 Å². The van der Waals surface area contributed by atoms with Crippen LogP contribution in [-0.4, -0.2) is 97.0 Å². The Balaban J connectivity index is 0.00000306. The van der Waals surface area contributed by atoms with E-state index in [0.717, 1.165) is 63.8 Å². The molecule has 2 atom stereocenters. The maximum atomic E-state index is 5.98. The molecule has 0 spiro atoms. The fourth-order valence-corrected chi connectivity index (χ4v) is 4.68. The zero-order valence-electron chi connectivity index (χ0n) is 20.1. The number of aryl methyl sites for hydroxylation is 1. The Labute approximate surface area is 215 Å². The number of rotatable bonds is 6. The van der Waals surface area contributed by atoms with Crippen LogP contribution in [0.25, 0.3) is 0 Å². The number of hydrogen-bond donors (Lipinski definition) is 1. The van der Waals surface area contributed by atoms with Gasteiger partial charge in [0.2, 0.25) is 0 Å². The minimum atomic E-state index is 0. The standard InChI is InChI=1S/C24H37N7O.HI/c1-25-24(31-14-15-32-23(19-31)21-16-27-29(3)17-21)26-10-7-11-30-13-12-28(2)18-22(30)20-8-5-4-6-9-20;/h4-6,8-9,16-17,22-23H,7,10-15,18-19H2,1-3H3,(H,25,26);1H. The maximum Gasteiger partial charge on any atom is 0.193 e. The van der Waals surface area contributed by atoms with E-state index in [4.69, 9.17) is 4.74 Å². The first kappa shape index (κ1) is 25.9. The van der Waals surface area contributed by atoms with Crippen molar-refractivity contribution in [3.05, 3.63) is 53.9 Å². The van der Waals surface area contributed by atoms with Gasteiger partial charge >= 0.3 is 0 Å². The van der Waals surface area contributed by atoms with E-state index in [2.05, 4.69) is 67.5 Å². The molecule has 8 nitrogen and oxygen atoms in total. The van der Waals surface area contributed by atoms with Gasteiger partial charge in [-0.05, 0) is 19.0 Å². The third kappa shape index (κ3) is 6.91. The summed E-state index contributed by atoms with van der Waals surface area (Å²) in [6, 6.07) is 11.4. The molecule has 2 aliphatic heterocycles. The molecule has 1 N–H and O–H groups in total. The van der Waals surface area contributed by atoms with Crippen LogP contribution >= 0.6 is 24.0 Å². The molecule has 2 aromatic rings. The van der Waals surface area contributed by atoms with E-state index in [0.29, 0.717) is 12.6 Å². The Bertz CT molecular complexity index is 875. The van der Waals surface area contributed by atoms with Crippen LogP contribution in [0.3, 0.4) is 0 Å². The van der Waals surface area contributed by atoms with Crippen LogP contribution in [-0.2, 0) is 11.8 Å². The van der Waals surface area contributed by atoms with Crippen LogP contribution in [0, 0.1) is 0 Å². The number of hydrogen-bond acceptors (Lipinski definition) is 5. The molecule has 2 saturated heterocycles. The summed E-state index contributed by atoms with van der Waals surface area (Å²) in [5.74, 6) is 0.958. The molecule has 0 aliphatic carbocycles. The Morgan fingerprint density at radius 1 is 1.12 bits per heavy atom. The average molecular weight is 568 g/mol. The second kappa shape index (κ2) is 12.7. The third-order valence-corrected chi connectivity index (χ3v) is 6.46. The average Bonchev–Trinajstić information content (AvgIpc) is 3.27. The molecule has 0 saturated carbocycles. The Morgan fingerprint density at radius 2 is 1.94 bits per heavy atom. The first-order valence-corrected chi connectivity index (χ1v) is 11.7. The normalized spacial score (nSPS) is 22.8. The lowest BCUT2D eigenvalue weighted by atomic mass is 10.0. The predicted octanol–water partition coefficient (Wildman–Crippen LogP) is 2.37. The molecule has 0 bridgehead atoms. The van der Waals surface area contributed by atoms with Gasteiger partial charge in [0, 0.05) is 71.2 Å². The molecular formula is C24H38IN7O. The van der Waals surface area contributed by atoms with Crippen molar-refractivity contribution in [2.24, 2.45) is 12.0 Å². The van der Waals surface area contributed by atoms with E-state index in [9.17, 15) is 0 Å². The summed E-state index contributed by atoms with van der Waals surface area (Å²) in [5.41, 5.74) is 2.53. The van der Waals surface area contributed by atoms with Gasteiger partial charge in [-0.1, -0.05) is 30.3 Å². The lowest BCUT2D eigenvalue weighted by Crippen LogP contribution is -2.49. The largest absolute Gasteiger partial charge is 0.370 e. The summed E-state index contributed by atoms with van der Waals surface area (Å²) in [6.45, 7) is 7.66. The minimum absolute atomic E-state index is 0. The summed E-state index contributed by atoms with van der Waals surface area (Å²) in [6.07, 6.45) is 5.04. The Hall–Kier alpha value is -1.69. The third-order valence-electron chi connectivity index (χ3n) is 6.46. The minimum Gasteiger partial charge on any atom is -0.370 e. The van der Waals surface area contributed by atoms with Crippen molar-refractivity contribution in [1.29, 1.82) is 0 Å². The second-order valence-electron chi connectivity index (χ2n) is 8.81. The van der Waals surface area contributed by atoms with Crippen molar-refractivity contribution in [2.75, 3.05) is 66.5 Å². The number of benzene rings is 1. The van der Waals surface area contributed by atoms with Crippen molar-refractivity contribution in [1.82, 2.24) is 29.8 Å². The number of nitrogens with one attached hydrogen (secondary N) is 1. The van der Waals surface area contributed by atoms with Crippen molar-refractivity contribution >= 4 is 29.9 Å². The zero-order valence-corrected chi connectivity index (χ0v) is 22.4. The number of guanidine groups is 1. The molecular weight excluding hydrogens is 529 g/mol. The van der Waals surface area contributed by atoms with Crippen LogP contribution < -0.4 is 5.32 Å². The molecule has 33 heavy (non-hydrogen) atoms. The number of likely N-dealkylation sites (N-methyl/N-ethyl adjacent to an activating group) is 1. The highest BCUT2D eigenvalue weighted by molar-refractivity contribution is 14.0. The molecule has 4 rings (SSSR count). The first-order valence-electron chi connectivity index (χ1n) is 11.7. The van der Waals surface area contributed by atoms with Gasteiger partial charge in [-0.25, -0.2) is 0 Å². The van der Waals surface area contributed by atoms with Gasteiger partial charge in [0.05, 0.1) is 19.3 Å². The monoisotopic (exact) mass is 567 g/mol. The molecule has 0 amide bonds. The highest BCUT2D eigenvalue weighted by atomic mass is 127. The lowest BCUT2D eigenvalue weighted by molar-refractivity contribution is -0.00804. The number of ether oxygens (including phenoxy) is 1. The molecule has 1 aromatic heterocycles. The second-order valence-corrected chi connectivity index (χ2v) is 8.81. The van der Waals surface area contributed by atoms with Gasteiger partial charge in [0.25, 0.3) is 0 Å². The van der Waals surface area contributed by atoms with Crippen molar-refractivity contribution < 1.29 is 4.74 Å². The first-order chi connectivity index (χ1) is 15.6. The smallest absolute Gasteiger partial charge is 0.193 e.